The van der Waals surface area contributed by atoms with E-state index in [1.165, 1.54) is 12.1 Å². The van der Waals surface area contributed by atoms with Crippen molar-refractivity contribution in [1.82, 2.24) is 19.9 Å². The second-order valence-electron chi connectivity index (χ2n) is 8.48. The number of ether oxygens (including phenoxy) is 1. The van der Waals surface area contributed by atoms with Gasteiger partial charge in [-0.05, 0) is 62.1 Å². The van der Waals surface area contributed by atoms with Crippen molar-refractivity contribution in [2.75, 3.05) is 19.0 Å². The average molecular weight is 480 g/mol. The minimum Gasteiger partial charge on any atom is -0.494 e. The molecule has 2 heterocycles. The first kappa shape index (κ1) is 23.9. The van der Waals surface area contributed by atoms with Gasteiger partial charge in [0.2, 0.25) is 0 Å². The third kappa shape index (κ3) is 6.42. The first-order valence-corrected chi connectivity index (χ1v) is 12.2. The van der Waals surface area contributed by atoms with Gasteiger partial charge in [0.05, 0.1) is 30.5 Å². The normalized spacial score (nSPS) is 12.0. The molecule has 2 aromatic heterocycles. The van der Waals surface area contributed by atoms with Crippen LogP contribution in [0.5, 0.6) is 5.75 Å². The minimum absolute atomic E-state index is 0.199. The number of thiazole rings is 1. The van der Waals surface area contributed by atoms with Gasteiger partial charge in [-0.1, -0.05) is 19.1 Å². The first-order valence-electron chi connectivity index (χ1n) is 11.4. The summed E-state index contributed by atoms with van der Waals surface area (Å²) >= 11 is 1.61. The monoisotopic (exact) mass is 479 g/mol. The van der Waals surface area contributed by atoms with Crippen LogP contribution >= 0.6 is 11.3 Å². The van der Waals surface area contributed by atoms with Crippen molar-refractivity contribution >= 4 is 22.2 Å². The molecule has 8 heteroatoms. The molecular formula is C26H30FN5OS. The molecule has 2 aromatic carbocycles. The van der Waals surface area contributed by atoms with E-state index in [0.29, 0.717) is 5.92 Å². The fourth-order valence-electron chi connectivity index (χ4n) is 3.69. The summed E-state index contributed by atoms with van der Waals surface area (Å²) in [6.07, 6.45) is 5.73. The van der Waals surface area contributed by atoms with Crippen LogP contribution in [0.3, 0.4) is 0 Å². The second-order valence-corrected chi connectivity index (χ2v) is 9.34. The number of nitrogens with zero attached hydrogens (tertiary/aromatic N) is 3. The predicted octanol–water partition coefficient (Wildman–Crippen LogP) is 5.89. The third-order valence-corrected chi connectivity index (χ3v) is 6.41. The number of hydrogen-bond donors (Lipinski definition) is 2. The van der Waals surface area contributed by atoms with Crippen LogP contribution in [0.25, 0.3) is 5.69 Å². The van der Waals surface area contributed by atoms with Crippen molar-refractivity contribution in [3.8, 4) is 11.4 Å². The molecule has 0 bridgehead atoms. The lowest BCUT2D eigenvalue weighted by Gasteiger charge is -2.12. The smallest absolute Gasteiger partial charge is 0.187 e. The Hall–Kier alpha value is -3.23. The van der Waals surface area contributed by atoms with E-state index in [0.717, 1.165) is 65.1 Å². The van der Waals surface area contributed by atoms with Crippen LogP contribution in [-0.2, 0) is 13.0 Å². The summed E-state index contributed by atoms with van der Waals surface area (Å²) in [5.74, 6) is 1.08. The van der Waals surface area contributed by atoms with Crippen LogP contribution in [0.2, 0.25) is 0 Å². The van der Waals surface area contributed by atoms with Crippen LogP contribution in [-0.4, -0.2) is 28.2 Å². The van der Waals surface area contributed by atoms with Gasteiger partial charge in [0.25, 0.3) is 0 Å². The molecule has 0 unspecified atom stereocenters. The molecule has 178 valence electrons. The number of hydrogen-bond acceptors (Lipinski definition) is 6. The van der Waals surface area contributed by atoms with Crippen LogP contribution in [0.4, 0.5) is 15.2 Å². The van der Waals surface area contributed by atoms with E-state index >= 15 is 0 Å². The van der Waals surface area contributed by atoms with Gasteiger partial charge >= 0.3 is 0 Å². The maximum atomic E-state index is 13.0. The van der Waals surface area contributed by atoms with E-state index in [9.17, 15) is 4.39 Å². The molecule has 0 aliphatic carbocycles. The Balaban J connectivity index is 1.26. The summed E-state index contributed by atoms with van der Waals surface area (Å²) in [6, 6.07) is 12.6. The van der Waals surface area contributed by atoms with Crippen LogP contribution < -0.4 is 15.4 Å². The number of benzene rings is 2. The highest BCUT2D eigenvalue weighted by Crippen LogP contribution is 2.29. The van der Waals surface area contributed by atoms with Gasteiger partial charge in [-0.25, -0.2) is 14.4 Å². The highest BCUT2D eigenvalue weighted by Gasteiger charge is 2.10. The predicted molar refractivity (Wildman–Crippen MR) is 136 cm³/mol. The van der Waals surface area contributed by atoms with Crippen molar-refractivity contribution in [3.05, 3.63) is 83.1 Å². The summed E-state index contributed by atoms with van der Waals surface area (Å²) in [6.45, 7) is 5.86. The molecule has 2 N–H and O–H groups in total. The van der Waals surface area contributed by atoms with Crippen molar-refractivity contribution in [1.29, 1.82) is 0 Å². The van der Waals surface area contributed by atoms with E-state index in [4.69, 9.17) is 9.72 Å². The first-order chi connectivity index (χ1) is 16.5. The standard InChI is InChI=1S/C26H30FN5OS/c1-18(13-28-14-20-5-7-21(27)8-6-20)4-9-23-16-34-26(31-23)30-22-10-11-24(25(12-22)33-3)32-15-19(2)29-17-32/h5-8,10-12,15-18,28H,4,9,13-14H2,1-3H3,(H,30,31)/t18-/m0/s1. The second kappa shape index (κ2) is 11.3. The molecule has 0 saturated heterocycles. The van der Waals surface area contributed by atoms with Gasteiger partial charge in [0, 0.05) is 29.9 Å². The number of halogens is 1. The van der Waals surface area contributed by atoms with E-state index < -0.39 is 0 Å². The topological polar surface area (TPSA) is 64.0 Å². The zero-order valence-corrected chi connectivity index (χ0v) is 20.5. The molecule has 34 heavy (non-hydrogen) atoms. The zero-order chi connectivity index (χ0) is 23.9. The molecule has 0 spiro atoms. The Bertz CT molecular complexity index is 1200. The molecule has 4 rings (SSSR count). The van der Waals surface area contributed by atoms with Crippen molar-refractivity contribution in [3.63, 3.8) is 0 Å². The van der Waals surface area contributed by atoms with Gasteiger partial charge < -0.3 is 19.9 Å². The number of aromatic nitrogens is 3. The molecule has 1 atom stereocenters. The van der Waals surface area contributed by atoms with Crippen LogP contribution in [0, 0.1) is 18.7 Å². The molecule has 0 amide bonds. The van der Waals surface area contributed by atoms with Gasteiger partial charge in [-0.15, -0.1) is 11.3 Å². The SMILES string of the molecule is COc1cc(Nc2nc(CC[C@H](C)CNCc3ccc(F)cc3)cs2)ccc1-n1cnc(C)c1. The molecule has 0 aliphatic heterocycles. The van der Waals surface area contributed by atoms with E-state index in [-0.39, 0.29) is 5.82 Å². The maximum absolute atomic E-state index is 13.0. The molecule has 0 radical (unpaired) electrons. The number of nitrogens with one attached hydrogen (secondary N) is 2. The molecule has 0 aliphatic rings. The number of anilines is 2. The number of rotatable bonds is 11. The van der Waals surface area contributed by atoms with Crippen molar-refractivity contribution in [2.24, 2.45) is 5.92 Å². The average Bonchev–Trinajstić information content (AvgIpc) is 3.47. The highest BCUT2D eigenvalue weighted by molar-refractivity contribution is 7.13. The van der Waals surface area contributed by atoms with Crippen molar-refractivity contribution < 1.29 is 9.13 Å². The minimum atomic E-state index is -0.199. The van der Waals surface area contributed by atoms with Crippen molar-refractivity contribution in [2.45, 2.75) is 33.2 Å². The van der Waals surface area contributed by atoms with Crippen LogP contribution in [0.1, 0.15) is 30.3 Å². The zero-order valence-electron chi connectivity index (χ0n) is 19.7. The van der Waals surface area contributed by atoms with Gasteiger partial charge in [0.1, 0.15) is 11.6 Å². The van der Waals surface area contributed by atoms with Crippen LogP contribution in [0.15, 0.2) is 60.4 Å². The van der Waals surface area contributed by atoms with Gasteiger partial charge in [-0.3, -0.25) is 0 Å². The fraction of sp³-hybridized carbons (Fsp3) is 0.308. The summed E-state index contributed by atoms with van der Waals surface area (Å²) in [5.41, 5.74) is 5.01. The lowest BCUT2D eigenvalue weighted by atomic mass is 10.0. The lowest BCUT2D eigenvalue weighted by Crippen LogP contribution is -2.21. The summed E-state index contributed by atoms with van der Waals surface area (Å²) < 4.78 is 20.5. The molecule has 4 aromatic rings. The number of imidazole rings is 1. The lowest BCUT2D eigenvalue weighted by molar-refractivity contribution is 0.413. The maximum Gasteiger partial charge on any atom is 0.187 e. The summed E-state index contributed by atoms with van der Waals surface area (Å²) in [5, 5.41) is 9.82. The fourth-order valence-corrected chi connectivity index (χ4v) is 4.45. The highest BCUT2D eigenvalue weighted by atomic mass is 32.1. The Morgan fingerprint density at radius 1 is 1.18 bits per heavy atom. The quantitative estimate of drug-likeness (QED) is 0.281. The molecule has 0 saturated carbocycles. The number of methoxy groups -OCH3 is 1. The van der Waals surface area contributed by atoms with E-state index in [1.54, 1.807) is 24.8 Å². The van der Waals surface area contributed by atoms with E-state index in [2.05, 4.69) is 27.9 Å². The molecule has 6 nitrogen and oxygen atoms in total. The third-order valence-electron chi connectivity index (χ3n) is 5.60. The summed E-state index contributed by atoms with van der Waals surface area (Å²) in [7, 11) is 1.67. The van der Waals surface area contributed by atoms with E-state index in [1.807, 2.05) is 48.0 Å². The Morgan fingerprint density at radius 2 is 2.00 bits per heavy atom. The number of aryl methyl sites for hydroxylation is 2. The van der Waals surface area contributed by atoms with Gasteiger partial charge in [0.15, 0.2) is 5.13 Å². The molecule has 0 fully saturated rings. The summed E-state index contributed by atoms with van der Waals surface area (Å²) in [4.78, 5) is 9.04. The molecular weight excluding hydrogens is 449 g/mol. The van der Waals surface area contributed by atoms with Gasteiger partial charge in [-0.2, -0.15) is 0 Å². The Morgan fingerprint density at radius 3 is 2.74 bits per heavy atom. The largest absolute Gasteiger partial charge is 0.494 e. The Kier molecular flexibility index (Phi) is 7.92. The Labute approximate surface area is 203 Å².